The summed E-state index contributed by atoms with van der Waals surface area (Å²) in [5.74, 6) is 1.01. The number of nitrogens with zero attached hydrogens (tertiary/aromatic N) is 2. The average molecular weight is 221 g/mol. The Morgan fingerprint density at radius 2 is 2.50 bits per heavy atom. The molecular formula is C12H19N3O. The third kappa shape index (κ3) is 2.71. The van der Waals surface area contributed by atoms with Crippen LogP contribution in [0.4, 0.5) is 5.82 Å². The van der Waals surface area contributed by atoms with Crippen LogP contribution in [0.2, 0.25) is 0 Å². The minimum atomic E-state index is 0.269. The molecule has 4 heteroatoms. The highest BCUT2D eigenvalue weighted by Gasteiger charge is 2.16. The molecule has 1 atom stereocenters. The Hall–Kier alpha value is -1.13. The Morgan fingerprint density at radius 1 is 1.62 bits per heavy atom. The molecule has 1 unspecified atom stereocenters. The number of hydrogen-bond donors (Lipinski definition) is 1. The van der Waals surface area contributed by atoms with Crippen LogP contribution in [-0.2, 0) is 11.3 Å². The fourth-order valence-electron chi connectivity index (χ4n) is 1.96. The van der Waals surface area contributed by atoms with Gasteiger partial charge in [0.2, 0.25) is 0 Å². The molecule has 2 heterocycles. The van der Waals surface area contributed by atoms with E-state index in [0.717, 1.165) is 37.5 Å². The normalized spacial score (nSPS) is 21.9. The Morgan fingerprint density at radius 3 is 3.31 bits per heavy atom. The Labute approximate surface area is 96.4 Å². The van der Waals surface area contributed by atoms with E-state index in [1.165, 1.54) is 0 Å². The SMILES string of the molecule is CC1CN(c2cc(CN)ccn2)CCCO1. The van der Waals surface area contributed by atoms with Gasteiger partial charge in [-0.1, -0.05) is 0 Å². The summed E-state index contributed by atoms with van der Waals surface area (Å²) in [5, 5.41) is 0. The van der Waals surface area contributed by atoms with E-state index in [1.807, 2.05) is 12.3 Å². The molecule has 4 nitrogen and oxygen atoms in total. The van der Waals surface area contributed by atoms with Crippen LogP contribution < -0.4 is 10.6 Å². The predicted octanol–water partition coefficient (Wildman–Crippen LogP) is 1.16. The lowest BCUT2D eigenvalue weighted by atomic mass is 10.2. The van der Waals surface area contributed by atoms with Crippen molar-refractivity contribution in [1.82, 2.24) is 4.98 Å². The second kappa shape index (κ2) is 5.27. The van der Waals surface area contributed by atoms with Crippen molar-refractivity contribution in [3.63, 3.8) is 0 Å². The highest BCUT2D eigenvalue weighted by molar-refractivity contribution is 5.41. The maximum absolute atomic E-state index is 5.64. The van der Waals surface area contributed by atoms with Crippen LogP contribution in [0.15, 0.2) is 18.3 Å². The van der Waals surface area contributed by atoms with Crippen LogP contribution in [0, 0.1) is 0 Å². The Kier molecular flexibility index (Phi) is 3.74. The zero-order valence-corrected chi connectivity index (χ0v) is 9.72. The maximum atomic E-state index is 5.64. The minimum Gasteiger partial charge on any atom is -0.377 e. The van der Waals surface area contributed by atoms with Gasteiger partial charge in [-0.3, -0.25) is 0 Å². The van der Waals surface area contributed by atoms with E-state index in [0.29, 0.717) is 6.54 Å². The van der Waals surface area contributed by atoms with E-state index in [9.17, 15) is 0 Å². The summed E-state index contributed by atoms with van der Waals surface area (Å²) in [6.07, 6.45) is 3.15. The summed E-state index contributed by atoms with van der Waals surface area (Å²) < 4.78 is 5.62. The van der Waals surface area contributed by atoms with Crippen molar-refractivity contribution in [3.8, 4) is 0 Å². The van der Waals surface area contributed by atoms with E-state index >= 15 is 0 Å². The molecule has 2 rings (SSSR count). The minimum absolute atomic E-state index is 0.269. The quantitative estimate of drug-likeness (QED) is 0.814. The summed E-state index contributed by atoms with van der Waals surface area (Å²) in [5.41, 5.74) is 6.76. The molecule has 0 saturated carbocycles. The summed E-state index contributed by atoms with van der Waals surface area (Å²) in [6.45, 7) is 5.42. The van der Waals surface area contributed by atoms with Crippen LogP contribution in [0.3, 0.4) is 0 Å². The molecule has 1 saturated heterocycles. The number of hydrogen-bond acceptors (Lipinski definition) is 4. The number of anilines is 1. The smallest absolute Gasteiger partial charge is 0.128 e. The van der Waals surface area contributed by atoms with Crippen molar-refractivity contribution in [2.24, 2.45) is 5.73 Å². The molecule has 0 aliphatic carbocycles. The highest BCUT2D eigenvalue weighted by atomic mass is 16.5. The van der Waals surface area contributed by atoms with Crippen molar-refractivity contribution >= 4 is 5.82 Å². The lowest BCUT2D eigenvalue weighted by molar-refractivity contribution is 0.0820. The average Bonchev–Trinajstić information content (AvgIpc) is 2.54. The number of nitrogens with two attached hydrogens (primary N) is 1. The van der Waals surface area contributed by atoms with Crippen LogP contribution in [0.25, 0.3) is 0 Å². The van der Waals surface area contributed by atoms with Gasteiger partial charge in [0.1, 0.15) is 5.82 Å². The largest absolute Gasteiger partial charge is 0.377 e. The second-order valence-corrected chi connectivity index (χ2v) is 4.21. The van der Waals surface area contributed by atoms with Gasteiger partial charge in [0.25, 0.3) is 0 Å². The predicted molar refractivity (Wildman–Crippen MR) is 64.4 cm³/mol. The van der Waals surface area contributed by atoms with Gasteiger partial charge in [0.05, 0.1) is 6.10 Å². The van der Waals surface area contributed by atoms with Crippen LogP contribution in [-0.4, -0.2) is 30.8 Å². The first-order valence-electron chi connectivity index (χ1n) is 5.81. The van der Waals surface area contributed by atoms with Gasteiger partial charge >= 0.3 is 0 Å². The molecule has 1 aromatic rings. The van der Waals surface area contributed by atoms with Crippen molar-refractivity contribution in [3.05, 3.63) is 23.9 Å². The van der Waals surface area contributed by atoms with Crippen molar-refractivity contribution in [1.29, 1.82) is 0 Å². The van der Waals surface area contributed by atoms with Gasteiger partial charge in [-0.25, -0.2) is 4.98 Å². The fraction of sp³-hybridized carbons (Fsp3) is 0.583. The molecule has 1 aliphatic heterocycles. The van der Waals surface area contributed by atoms with Gasteiger partial charge in [-0.15, -0.1) is 0 Å². The first-order chi connectivity index (χ1) is 7.79. The van der Waals surface area contributed by atoms with Crippen LogP contribution in [0.1, 0.15) is 18.9 Å². The van der Waals surface area contributed by atoms with Crippen molar-refractivity contribution in [2.75, 3.05) is 24.6 Å². The van der Waals surface area contributed by atoms with Crippen molar-refractivity contribution in [2.45, 2.75) is 26.0 Å². The molecule has 0 amide bonds. The van der Waals surface area contributed by atoms with E-state index in [2.05, 4.69) is 22.9 Å². The van der Waals surface area contributed by atoms with Gasteiger partial charge in [0, 0.05) is 32.4 Å². The molecule has 0 spiro atoms. The van der Waals surface area contributed by atoms with Gasteiger partial charge < -0.3 is 15.4 Å². The third-order valence-electron chi connectivity index (χ3n) is 2.82. The molecule has 0 bridgehead atoms. The molecule has 1 fully saturated rings. The first kappa shape index (κ1) is 11.4. The molecule has 0 aromatic carbocycles. The maximum Gasteiger partial charge on any atom is 0.128 e. The molecule has 16 heavy (non-hydrogen) atoms. The Balaban J connectivity index is 2.14. The van der Waals surface area contributed by atoms with E-state index in [-0.39, 0.29) is 6.10 Å². The second-order valence-electron chi connectivity index (χ2n) is 4.21. The van der Waals surface area contributed by atoms with E-state index in [1.54, 1.807) is 0 Å². The van der Waals surface area contributed by atoms with Crippen molar-refractivity contribution < 1.29 is 4.74 Å². The first-order valence-corrected chi connectivity index (χ1v) is 5.81. The third-order valence-corrected chi connectivity index (χ3v) is 2.82. The molecular weight excluding hydrogens is 202 g/mol. The molecule has 2 N–H and O–H groups in total. The van der Waals surface area contributed by atoms with Gasteiger partial charge in [-0.05, 0) is 31.0 Å². The molecule has 1 aromatic heterocycles. The summed E-state index contributed by atoms with van der Waals surface area (Å²) in [6, 6.07) is 4.03. The zero-order valence-electron chi connectivity index (χ0n) is 9.72. The lowest BCUT2D eigenvalue weighted by Gasteiger charge is -2.23. The molecule has 1 aliphatic rings. The van der Waals surface area contributed by atoms with E-state index in [4.69, 9.17) is 10.5 Å². The fourth-order valence-corrected chi connectivity index (χ4v) is 1.96. The zero-order chi connectivity index (χ0) is 11.4. The van der Waals surface area contributed by atoms with Gasteiger partial charge in [-0.2, -0.15) is 0 Å². The molecule has 0 radical (unpaired) electrons. The number of rotatable bonds is 2. The number of pyridine rings is 1. The Bertz CT molecular complexity index is 343. The monoisotopic (exact) mass is 221 g/mol. The van der Waals surface area contributed by atoms with Crippen LogP contribution in [0.5, 0.6) is 0 Å². The van der Waals surface area contributed by atoms with Crippen LogP contribution >= 0.6 is 0 Å². The molecule has 88 valence electrons. The van der Waals surface area contributed by atoms with E-state index < -0.39 is 0 Å². The standard InChI is InChI=1S/C12H19N3O/c1-10-9-15(5-2-6-16-10)12-7-11(8-13)3-4-14-12/h3-4,7,10H,2,5-6,8-9,13H2,1H3. The summed E-state index contributed by atoms with van der Waals surface area (Å²) >= 11 is 0. The summed E-state index contributed by atoms with van der Waals surface area (Å²) in [4.78, 5) is 6.68. The topological polar surface area (TPSA) is 51.4 Å². The van der Waals surface area contributed by atoms with Gasteiger partial charge in [0.15, 0.2) is 0 Å². The highest BCUT2D eigenvalue weighted by Crippen LogP contribution is 2.16. The number of ether oxygens (including phenoxy) is 1. The summed E-state index contributed by atoms with van der Waals surface area (Å²) in [7, 11) is 0. The number of aromatic nitrogens is 1. The lowest BCUT2D eigenvalue weighted by Crippen LogP contribution is -2.30.